The van der Waals surface area contributed by atoms with Crippen molar-refractivity contribution < 1.29 is 14.4 Å². The standard InChI is InChI=1S/C14H20N4O3/c1-9(19)18(2)8-10-5-3-4-6-12(10)17-14(21)11(15)7-13(16)20/h3-6,11H,7-8,15H2,1-2H3,(H2,16,20)(H,17,21). The first-order chi connectivity index (χ1) is 9.81. The highest BCUT2D eigenvalue weighted by Crippen LogP contribution is 2.17. The molecule has 7 nitrogen and oxygen atoms in total. The lowest BCUT2D eigenvalue weighted by Crippen LogP contribution is -2.39. The molecule has 0 spiro atoms. The van der Waals surface area contributed by atoms with E-state index in [0.29, 0.717) is 12.2 Å². The molecule has 21 heavy (non-hydrogen) atoms. The summed E-state index contributed by atoms with van der Waals surface area (Å²) in [7, 11) is 1.67. The summed E-state index contributed by atoms with van der Waals surface area (Å²) in [5, 5.41) is 2.65. The monoisotopic (exact) mass is 292 g/mol. The van der Waals surface area contributed by atoms with Crippen LogP contribution in [0.1, 0.15) is 18.9 Å². The maximum absolute atomic E-state index is 11.9. The Balaban J connectivity index is 2.81. The summed E-state index contributed by atoms with van der Waals surface area (Å²) in [6.45, 7) is 1.82. The van der Waals surface area contributed by atoms with Gasteiger partial charge in [0.2, 0.25) is 17.7 Å². The van der Waals surface area contributed by atoms with Gasteiger partial charge in [-0.25, -0.2) is 0 Å². The van der Waals surface area contributed by atoms with E-state index in [4.69, 9.17) is 11.5 Å². The molecule has 1 aromatic rings. The van der Waals surface area contributed by atoms with Crippen molar-refractivity contribution in [3.8, 4) is 0 Å². The first-order valence-corrected chi connectivity index (χ1v) is 6.45. The Bertz CT molecular complexity index is 545. The number of para-hydroxylation sites is 1. The fourth-order valence-corrected chi connectivity index (χ4v) is 1.68. The predicted octanol–water partition coefficient (Wildman–Crippen LogP) is -0.194. The number of carbonyl (C=O) groups is 3. The van der Waals surface area contributed by atoms with Gasteiger partial charge in [0, 0.05) is 26.2 Å². The van der Waals surface area contributed by atoms with Gasteiger partial charge in [-0.05, 0) is 11.6 Å². The van der Waals surface area contributed by atoms with Crippen LogP contribution in [0.15, 0.2) is 24.3 Å². The van der Waals surface area contributed by atoms with E-state index < -0.39 is 17.9 Å². The quantitative estimate of drug-likeness (QED) is 0.673. The van der Waals surface area contributed by atoms with Crippen LogP contribution in [0.5, 0.6) is 0 Å². The minimum atomic E-state index is -0.999. The van der Waals surface area contributed by atoms with E-state index in [9.17, 15) is 14.4 Å². The Hall–Kier alpha value is -2.41. The summed E-state index contributed by atoms with van der Waals surface area (Å²) in [5.41, 5.74) is 11.9. The van der Waals surface area contributed by atoms with Crippen molar-refractivity contribution in [2.75, 3.05) is 12.4 Å². The van der Waals surface area contributed by atoms with E-state index >= 15 is 0 Å². The van der Waals surface area contributed by atoms with Gasteiger partial charge < -0.3 is 21.7 Å². The molecule has 0 aliphatic carbocycles. The van der Waals surface area contributed by atoms with E-state index in [1.165, 1.54) is 11.8 Å². The Morgan fingerprint density at radius 3 is 2.48 bits per heavy atom. The second-order valence-electron chi connectivity index (χ2n) is 4.80. The maximum atomic E-state index is 11.9. The summed E-state index contributed by atoms with van der Waals surface area (Å²) < 4.78 is 0. The summed E-state index contributed by atoms with van der Waals surface area (Å²) in [4.78, 5) is 35.5. The molecule has 0 aliphatic rings. The number of rotatable bonds is 6. The lowest BCUT2D eigenvalue weighted by molar-refractivity contribution is -0.128. The van der Waals surface area contributed by atoms with Gasteiger partial charge in [-0.3, -0.25) is 14.4 Å². The van der Waals surface area contributed by atoms with E-state index in [-0.39, 0.29) is 12.3 Å². The molecule has 7 heteroatoms. The third-order valence-electron chi connectivity index (χ3n) is 2.98. The zero-order valence-electron chi connectivity index (χ0n) is 12.1. The van der Waals surface area contributed by atoms with Crippen LogP contribution >= 0.6 is 0 Å². The molecule has 0 radical (unpaired) electrons. The van der Waals surface area contributed by atoms with Crippen LogP contribution in [0.4, 0.5) is 5.69 Å². The molecule has 5 N–H and O–H groups in total. The van der Waals surface area contributed by atoms with E-state index in [1.54, 1.807) is 25.2 Å². The van der Waals surface area contributed by atoms with Crippen LogP contribution in [-0.2, 0) is 20.9 Å². The zero-order chi connectivity index (χ0) is 16.0. The fourth-order valence-electron chi connectivity index (χ4n) is 1.68. The molecule has 0 aromatic heterocycles. The number of hydrogen-bond acceptors (Lipinski definition) is 4. The topological polar surface area (TPSA) is 119 Å². The average molecular weight is 292 g/mol. The van der Waals surface area contributed by atoms with Crippen LogP contribution < -0.4 is 16.8 Å². The summed E-state index contributed by atoms with van der Waals surface area (Å²) in [6, 6.07) is 6.07. The number of anilines is 1. The van der Waals surface area contributed by atoms with Gasteiger partial charge in [-0.15, -0.1) is 0 Å². The highest BCUT2D eigenvalue weighted by molar-refractivity contribution is 5.97. The summed E-state index contributed by atoms with van der Waals surface area (Å²) >= 11 is 0. The molecule has 3 amide bonds. The number of carbonyl (C=O) groups excluding carboxylic acids is 3. The van der Waals surface area contributed by atoms with Crippen LogP contribution in [0.3, 0.4) is 0 Å². The van der Waals surface area contributed by atoms with Crippen molar-refractivity contribution in [1.29, 1.82) is 0 Å². The molecular formula is C14H20N4O3. The predicted molar refractivity (Wildman–Crippen MR) is 79.0 cm³/mol. The number of primary amides is 1. The van der Waals surface area contributed by atoms with Crippen molar-refractivity contribution in [2.45, 2.75) is 25.9 Å². The van der Waals surface area contributed by atoms with Crippen LogP contribution in [0.2, 0.25) is 0 Å². The van der Waals surface area contributed by atoms with Gasteiger partial charge >= 0.3 is 0 Å². The zero-order valence-corrected chi connectivity index (χ0v) is 12.1. The van der Waals surface area contributed by atoms with Crippen molar-refractivity contribution >= 4 is 23.4 Å². The van der Waals surface area contributed by atoms with E-state index in [0.717, 1.165) is 5.56 Å². The summed E-state index contributed by atoms with van der Waals surface area (Å²) in [6.07, 6.45) is -0.221. The number of benzene rings is 1. The lowest BCUT2D eigenvalue weighted by atomic mass is 10.1. The molecule has 114 valence electrons. The molecule has 0 saturated heterocycles. The third-order valence-corrected chi connectivity index (χ3v) is 2.98. The number of nitrogens with two attached hydrogens (primary N) is 2. The molecule has 0 bridgehead atoms. The summed E-state index contributed by atoms with van der Waals surface area (Å²) in [5.74, 6) is -1.21. The third kappa shape index (κ3) is 5.23. The fraction of sp³-hybridized carbons (Fsp3) is 0.357. The minimum absolute atomic E-state index is 0.0819. The largest absolute Gasteiger partial charge is 0.370 e. The smallest absolute Gasteiger partial charge is 0.241 e. The van der Waals surface area contributed by atoms with Gasteiger partial charge in [0.15, 0.2) is 0 Å². The van der Waals surface area contributed by atoms with Gasteiger partial charge in [0.25, 0.3) is 0 Å². The Kier molecular flexibility index (Phi) is 5.86. The average Bonchev–Trinajstić information content (AvgIpc) is 2.39. The van der Waals surface area contributed by atoms with Gasteiger partial charge in [0.1, 0.15) is 0 Å². The van der Waals surface area contributed by atoms with Crippen LogP contribution in [0.25, 0.3) is 0 Å². The SMILES string of the molecule is CC(=O)N(C)Cc1ccccc1NC(=O)C(N)CC(N)=O. The van der Waals surface area contributed by atoms with E-state index in [2.05, 4.69) is 5.32 Å². The number of nitrogens with zero attached hydrogens (tertiary/aromatic N) is 1. The van der Waals surface area contributed by atoms with Crippen molar-refractivity contribution in [3.05, 3.63) is 29.8 Å². The first-order valence-electron chi connectivity index (χ1n) is 6.45. The molecule has 0 aliphatic heterocycles. The molecular weight excluding hydrogens is 272 g/mol. The maximum Gasteiger partial charge on any atom is 0.241 e. The number of amides is 3. The van der Waals surface area contributed by atoms with Gasteiger partial charge in [-0.2, -0.15) is 0 Å². The lowest BCUT2D eigenvalue weighted by Gasteiger charge is -2.18. The minimum Gasteiger partial charge on any atom is -0.370 e. The second kappa shape index (κ2) is 7.39. The number of nitrogens with one attached hydrogen (secondary N) is 1. The van der Waals surface area contributed by atoms with Crippen LogP contribution in [0, 0.1) is 0 Å². The molecule has 1 atom stereocenters. The van der Waals surface area contributed by atoms with Gasteiger partial charge in [0.05, 0.1) is 12.5 Å². The molecule has 0 fully saturated rings. The Labute approximate surface area is 123 Å². The molecule has 0 heterocycles. The normalized spacial score (nSPS) is 11.6. The molecule has 1 aromatic carbocycles. The van der Waals surface area contributed by atoms with Crippen molar-refractivity contribution in [1.82, 2.24) is 4.90 Å². The highest BCUT2D eigenvalue weighted by Gasteiger charge is 2.17. The molecule has 1 rings (SSSR count). The first kappa shape index (κ1) is 16.6. The van der Waals surface area contributed by atoms with E-state index in [1.807, 2.05) is 6.07 Å². The Morgan fingerprint density at radius 1 is 1.29 bits per heavy atom. The highest BCUT2D eigenvalue weighted by atomic mass is 16.2. The number of hydrogen-bond donors (Lipinski definition) is 3. The van der Waals surface area contributed by atoms with Gasteiger partial charge in [-0.1, -0.05) is 18.2 Å². The second-order valence-corrected chi connectivity index (χ2v) is 4.80. The van der Waals surface area contributed by atoms with Crippen LogP contribution in [-0.4, -0.2) is 35.7 Å². The van der Waals surface area contributed by atoms with Crippen molar-refractivity contribution in [2.24, 2.45) is 11.5 Å². The Morgan fingerprint density at radius 2 is 1.90 bits per heavy atom. The molecule has 1 unspecified atom stereocenters. The molecule has 0 saturated carbocycles. The van der Waals surface area contributed by atoms with Crippen molar-refractivity contribution in [3.63, 3.8) is 0 Å².